The van der Waals surface area contributed by atoms with Gasteiger partial charge >= 0.3 is 0 Å². The first-order valence-corrected chi connectivity index (χ1v) is 4.72. The third-order valence-electron chi connectivity index (χ3n) is 2.15. The fourth-order valence-corrected chi connectivity index (χ4v) is 1.04. The van der Waals surface area contributed by atoms with E-state index in [1.807, 2.05) is 6.92 Å². The first-order chi connectivity index (χ1) is 6.69. The van der Waals surface area contributed by atoms with Gasteiger partial charge in [0.1, 0.15) is 5.82 Å². The molecule has 0 saturated heterocycles. The Morgan fingerprint density at radius 1 is 1.79 bits per heavy atom. The van der Waals surface area contributed by atoms with E-state index < -0.39 is 0 Å². The predicted molar refractivity (Wildman–Crippen MR) is 54.8 cm³/mol. The van der Waals surface area contributed by atoms with Crippen LogP contribution in [-0.4, -0.2) is 22.6 Å². The highest BCUT2D eigenvalue weighted by Crippen LogP contribution is 2.12. The minimum absolute atomic E-state index is 0.0774. The molecule has 0 spiro atoms. The lowest BCUT2D eigenvalue weighted by Crippen LogP contribution is -2.27. The van der Waals surface area contributed by atoms with Crippen LogP contribution in [-0.2, 0) is 11.2 Å². The van der Waals surface area contributed by atoms with Crippen LogP contribution in [0, 0.1) is 5.92 Å². The van der Waals surface area contributed by atoms with Crippen LogP contribution in [0.2, 0.25) is 0 Å². The fourth-order valence-electron chi connectivity index (χ4n) is 1.04. The highest BCUT2D eigenvalue weighted by Gasteiger charge is 2.13. The molecule has 5 heteroatoms. The van der Waals surface area contributed by atoms with Crippen LogP contribution in [0.1, 0.15) is 19.4 Å². The standard InChI is InChI=1S/C9H16N4O/c1-3-7-5-11-13-8(7)12-9(14)6(2)4-10/h5-6H,3-4,10H2,1-2H3,(H2,11,12,13,14). The summed E-state index contributed by atoms with van der Waals surface area (Å²) in [5.74, 6) is 0.423. The molecule has 0 aliphatic heterocycles. The largest absolute Gasteiger partial charge is 0.330 e. The van der Waals surface area contributed by atoms with Gasteiger partial charge in [0, 0.05) is 18.0 Å². The minimum atomic E-state index is -0.178. The molecule has 4 N–H and O–H groups in total. The highest BCUT2D eigenvalue weighted by atomic mass is 16.1. The number of aromatic nitrogens is 2. The number of rotatable bonds is 4. The topological polar surface area (TPSA) is 83.8 Å². The average Bonchev–Trinajstić information content (AvgIpc) is 2.63. The molecule has 78 valence electrons. The maximum Gasteiger partial charge on any atom is 0.229 e. The summed E-state index contributed by atoms with van der Waals surface area (Å²) in [6, 6.07) is 0. The van der Waals surface area contributed by atoms with Crippen molar-refractivity contribution >= 4 is 11.7 Å². The Hall–Kier alpha value is -1.36. The molecule has 1 amide bonds. The van der Waals surface area contributed by atoms with Crippen LogP contribution in [0.4, 0.5) is 5.82 Å². The molecule has 1 atom stereocenters. The number of H-pyrrole nitrogens is 1. The SMILES string of the molecule is CCc1cn[nH]c1NC(=O)C(C)CN. The number of hydrogen-bond acceptors (Lipinski definition) is 3. The summed E-state index contributed by atoms with van der Waals surface area (Å²) in [5.41, 5.74) is 6.39. The molecule has 1 unspecified atom stereocenters. The van der Waals surface area contributed by atoms with Gasteiger partial charge in [-0.25, -0.2) is 0 Å². The molecule has 0 fully saturated rings. The predicted octanol–water partition coefficient (Wildman–Crippen LogP) is 0.505. The van der Waals surface area contributed by atoms with Crippen molar-refractivity contribution in [2.75, 3.05) is 11.9 Å². The summed E-state index contributed by atoms with van der Waals surface area (Å²) < 4.78 is 0. The van der Waals surface area contributed by atoms with Crippen LogP contribution in [0.25, 0.3) is 0 Å². The van der Waals surface area contributed by atoms with Crippen LogP contribution in [0.5, 0.6) is 0 Å². The Morgan fingerprint density at radius 3 is 3.07 bits per heavy atom. The van der Waals surface area contributed by atoms with Crippen molar-refractivity contribution in [2.24, 2.45) is 11.7 Å². The summed E-state index contributed by atoms with van der Waals surface area (Å²) >= 11 is 0. The molecule has 1 rings (SSSR count). The fraction of sp³-hybridized carbons (Fsp3) is 0.556. The molecule has 0 bridgehead atoms. The van der Waals surface area contributed by atoms with Crippen molar-refractivity contribution in [2.45, 2.75) is 20.3 Å². The lowest BCUT2D eigenvalue weighted by atomic mass is 10.1. The van der Waals surface area contributed by atoms with E-state index >= 15 is 0 Å². The van der Waals surface area contributed by atoms with Crippen molar-refractivity contribution in [1.29, 1.82) is 0 Å². The van der Waals surface area contributed by atoms with Gasteiger partial charge in [0.2, 0.25) is 5.91 Å². The quantitative estimate of drug-likeness (QED) is 0.656. The number of amides is 1. The molecule has 1 aromatic rings. The van der Waals surface area contributed by atoms with Crippen molar-refractivity contribution < 1.29 is 4.79 Å². The lowest BCUT2D eigenvalue weighted by Gasteiger charge is -2.08. The Morgan fingerprint density at radius 2 is 2.50 bits per heavy atom. The van der Waals surface area contributed by atoms with Gasteiger partial charge in [0.15, 0.2) is 0 Å². The van der Waals surface area contributed by atoms with Gasteiger partial charge in [-0.3, -0.25) is 9.89 Å². The van der Waals surface area contributed by atoms with E-state index in [4.69, 9.17) is 5.73 Å². The van der Waals surface area contributed by atoms with E-state index in [1.54, 1.807) is 13.1 Å². The Balaban J connectivity index is 2.64. The first-order valence-electron chi connectivity index (χ1n) is 4.72. The van der Waals surface area contributed by atoms with E-state index in [9.17, 15) is 4.79 Å². The second-order valence-electron chi connectivity index (χ2n) is 3.25. The number of nitrogens with zero attached hydrogens (tertiary/aromatic N) is 1. The van der Waals surface area contributed by atoms with Crippen molar-refractivity contribution in [1.82, 2.24) is 10.2 Å². The summed E-state index contributed by atoms with van der Waals surface area (Å²) in [4.78, 5) is 11.5. The molecule has 0 radical (unpaired) electrons. The summed E-state index contributed by atoms with van der Waals surface area (Å²) in [7, 11) is 0. The van der Waals surface area contributed by atoms with Crippen LogP contribution >= 0.6 is 0 Å². The minimum Gasteiger partial charge on any atom is -0.330 e. The normalized spacial score (nSPS) is 12.5. The smallest absolute Gasteiger partial charge is 0.229 e. The van der Waals surface area contributed by atoms with Gasteiger partial charge in [0.05, 0.1) is 6.20 Å². The highest BCUT2D eigenvalue weighted by molar-refractivity contribution is 5.92. The van der Waals surface area contributed by atoms with Crippen LogP contribution in [0.15, 0.2) is 6.20 Å². The number of carbonyl (C=O) groups excluding carboxylic acids is 1. The number of aromatic amines is 1. The van der Waals surface area contributed by atoms with E-state index in [-0.39, 0.29) is 11.8 Å². The van der Waals surface area contributed by atoms with Gasteiger partial charge in [0.25, 0.3) is 0 Å². The van der Waals surface area contributed by atoms with E-state index in [0.717, 1.165) is 12.0 Å². The lowest BCUT2D eigenvalue weighted by molar-refractivity contribution is -0.119. The molecule has 0 aliphatic carbocycles. The number of hydrogen-bond donors (Lipinski definition) is 3. The third-order valence-corrected chi connectivity index (χ3v) is 2.15. The number of nitrogens with two attached hydrogens (primary N) is 1. The molecule has 14 heavy (non-hydrogen) atoms. The van der Waals surface area contributed by atoms with Crippen molar-refractivity contribution in [3.63, 3.8) is 0 Å². The van der Waals surface area contributed by atoms with Crippen molar-refractivity contribution in [3.05, 3.63) is 11.8 Å². The Bertz CT molecular complexity index is 308. The molecule has 1 aromatic heterocycles. The van der Waals surface area contributed by atoms with Gasteiger partial charge < -0.3 is 11.1 Å². The zero-order valence-corrected chi connectivity index (χ0v) is 8.50. The van der Waals surface area contributed by atoms with E-state index in [0.29, 0.717) is 12.4 Å². The average molecular weight is 196 g/mol. The van der Waals surface area contributed by atoms with Gasteiger partial charge in [-0.2, -0.15) is 5.10 Å². The molecular weight excluding hydrogens is 180 g/mol. The molecule has 0 aromatic carbocycles. The molecular formula is C9H16N4O. The summed E-state index contributed by atoms with van der Waals surface area (Å²) in [6.45, 7) is 4.14. The first kappa shape index (κ1) is 10.7. The second-order valence-corrected chi connectivity index (χ2v) is 3.25. The molecule has 0 saturated carbocycles. The molecule has 0 aliphatic rings. The van der Waals surface area contributed by atoms with Gasteiger partial charge in [-0.05, 0) is 6.42 Å². The zero-order chi connectivity index (χ0) is 10.6. The third kappa shape index (κ3) is 2.32. The molecule has 5 nitrogen and oxygen atoms in total. The van der Waals surface area contributed by atoms with E-state index in [1.165, 1.54) is 0 Å². The van der Waals surface area contributed by atoms with E-state index in [2.05, 4.69) is 15.5 Å². The van der Waals surface area contributed by atoms with Crippen LogP contribution < -0.4 is 11.1 Å². The number of nitrogens with one attached hydrogen (secondary N) is 2. The number of anilines is 1. The van der Waals surface area contributed by atoms with Crippen molar-refractivity contribution in [3.8, 4) is 0 Å². The summed E-state index contributed by atoms with van der Waals surface area (Å²) in [6.07, 6.45) is 2.55. The monoisotopic (exact) mass is 196 g/mol. The number of aryl methyl sites for hydroxylation is 1. The van der Waals surface area contributed by atoms with Gasteiger partial charge in [-0.1, -0.05) is 13.8 Å². The zero-order valence-electron chi connectivity index (χ0n) is 8.50. The maximum absolute atomic E-state index is 11.5. The summed E-state index contributed by atoms with van der Waals surface area (Å²) in [5, 5.41) is 9.36. The number of carbonyl (C=O) groups is 1. The van der Waals surface area contributed by atoms with Gasteiger partial charge in [-0.15, -0.1) is 0 Å². The van der Waals surface area contributed by atoms with Crippen LogP contribution in [0.3, 0.4) is 0 Å². The second kappa shape index (κ2) is 4.76. The Labute approximate surface area is 83.1 Å². The molecule has 1 heterocycles. The Kier molecular flexibility index (Phi) is 3.64. The maximum atomic E-state index is 11.5.